The van der Waals surface area contributed by atoms with E-state index in [1.54, 1.807) is 26.8 Å². The van der Waals surface area contributed by atoms with Crippen LogP contribution in [0.2, 0.25) is 0 Å². The zero-order valence-corrected chi connectivity index (χ0v) is 20.2. The van der Waals surface area contributed by atoms with Gasteiger partial charge >= 0.3 is 5.97 Å². The van der Waals surface area contributed by atoms with Crippen molar-refractivity contribution in [3.8, 4) is 0 Å². The second kappa shape index (κ2) is 10.1. The lowest BCUT2D eigenvalue weighted by Crippen LogP contribution is -2.35. The number of carbonyl (C=O) groups is 3. The highest BCUT2D eigenvalue weighted by atomic mass is 16.6. The Labute approximate surface area is 202 Å². The van der Waals surface area contributed by atoms with Gasteiger partial charge in [-0.2, -0.15) is 0 Å². The van der Waals surface area contributed by atoms with Crippen LogP contribution in [0.3, 0.4) is 0 Å². The summed E-state index contributed by atoms with van der Waals surface area (Å²) in [7, 11) is 3.62. The largest absolute Gasteiger partial charge is 0.507 e. The lowest BCUT2D eigenvalue weighted by Gasteiger charge is -2.26. The van der Waals surface area contributed by atoms with E-state index in [2.05, 4.69) is 4.98 Å². The van der Waals surface area contributed by atoms with Gasteiger partial charge in [0.25, 0.3) is 17.4 Å². The van der Waals surface area contributed by atoms with Gasteiger partial charge in [0.15, 0.2) is 0 Å². The molecule has 0 saturated carbocycles. The molecule has 0 unspecified atom stereocenters. The maximum Gasteiger partial charge on any atom is 0.355 e. The van der Waals surface area contributed by atoms with Gasteiger partial charge in [-0.25, -0.2) is 4.79 Å². The number of benzene rings is 1. The summed E-state index contributed by atoms with van der Waals surface area (Å²) in [6, 6.07) is 4.58. The molecule has 0 bridgehead atoms. The van der Waals surface area contributed by atoms with E-state index in [4.69, 9.17) is 4.74 Å². The Bertz CT molecular complexity index is 1230. The zero-order chi connectivity index (χ0) is 26.0. The van der Waals surface area contributed by atoms with Crippen LogP contribution in [0.4, 0.5) is 5.69 Å². The fourth-order valence-corrected chi connectivity index (χ4v) is 4.22. The van der Waals surface area contributed by atoms with Crippen LogP contribution in [-0.2, 0) is 14.3 Å². The quantitative estimate of drug-likeness (QED) is 0.145. The molecule has 35 heavy (non-hydrogen) atoms. The van der Waals surface area contributed by atoms with Crippen molar-refractivity contribution in [2.75, 3.05) is 33.8 Å². The number of nitro benzene ring substituents is 1. The van der Waals surface area contributed by atoms with Gasteiger partial charge < -0.3 is 24.6 Å². The van der Waals surface area contributed by atoms with E-state index in [0.29, 0.717) is 23.4 Å². The SMILES string of the molecule is CCOC(=O)c1[nH]c(C)c(C(O)=C2C(=O)C(=O)N(CCN(C)C)[C@@H]2c2cccc([N+](=O)[O-])c2)c1C. The third-order valence-electron chi connectivity index (χ3n) is 5.88. The van der Waals surface area contributed by atoms with Crippen LogP contribution < -0.4 is 0 Å². The van der Waals surface area contributed by atoms with Gasteiger partial charge in [0.1, 0.15) is 11.5 Å². The average Bonchev–Trinajstić information content (AvgIpc) is 3.24. The predicted octanol–water partition coefficient (Wildman–Crippen LogP) is 2.70. The highest BCUT2D eigenvalue weighted by Gasteiger charge is 2.46. The number of Topliss-reactive ketones (excluding diaryl/α,β-unsaturated/α-hetero) is 1. The third kappa shape index (κ3) is 4.80. The number of rotatable bonds is 8. The molecule has 0 radical (unpaired) electrons. The number of ether oxygens (including phenoxy) is 1. The van der Waals surface area contributed by atoms with Gasteiger partial charge in [0.2, 0.25) is 0 Å². The Hall–Kier alpha value is -3.99. The highest BCUT2D eigenvalue weighted by Crippen LogP contribution is 2.41. The van der Waals surface area contributed by atoms with Gasteiger partial charge in [-0.15, -0.1) is 0 Å². The number of ketones is 1. The Morgan fingerprint density at radius 1 is 1.29 bits per heavy atom. The van der Waals surface area contributed by atoms with Crippen LogP contribution in [-0.4, -0.2) is 76.3 Å². The number of non-ortho nitro benzene ring substituents is 1. The molecule has 1 aliphatic heterocycles. The number of aliphatic hydroxyl groups is 1. The first-order valence-corrected chi connectivity index (χ1v) is 11.0. The van der Waals surface area contributed by atoms with E-state index < -0.39 is 34.4 Å². The number of aromatic nitrogens is 1. The van der Waals surface area contributed by atoms with Gasteiger partial charge in [0.05, 0.1) is 23.1 Å². The minimum Gasteiger partial charge on any atom is -0.507 e. The van der Waals surface area contributed by atoms with Crippen molar-refractivity contribution in [1.82, 2.24) is 14.8 Å². The number of carbonyl (C=O) groups excluding carboxylic acids is 3. The molecule has 3 rings (SSSR count). The molecule has 1 saturated heterocycles. The lowest BCUT2D eigenvalue weighted by molar-refractivity contribution is -0.384. The zero-order valence-electron chi connectivity index (χ0n) is 20.2. The van der Waals surface area contributed by atoms with E-state index in [-0.39, 0.29) is 35.7 Å². The van der Waals surface area contributed by atoms with Crippen molar-refractivity contribution >= 4 is 29.1 Å². The molecular formula is C24H28N4O7. The Morgan fingerprint density at radius 3 is 2.57 bits per heavy atom. The minimum atomic E-state index is -1.05. The highest BCUT2D eigenvalue weighted by molar-refractivity contribution is 6.46. The first-order valence-electron chi connectivity index (χ1n) is 11.0. The summed E-state index contributed by atoms with van der Waals surface area (Å²) >= 11 is 0. The number of amides is 1. The third-order valence-corrected chi connectivity index (χ3v) is 5.88. The molecule has 0 aliphatic carbocycles. The molecule has 2 aromatic rings. The Balaban J connectivity index is 2.24. The maximum atomic E-state index is 13.2. The lowest BCUT2D eigenvalue weighted by atomic mass is 9.93. The first kappa shape index (κ1) is 25.6. The monoisotopic (exact) mass is 484 g/mol. The second-order valence-electron chi connectivity index (χ2n) is 8.49. The number of aliphatic hydroxyl groups excluding tert-OH is 1. The van der Waals surface area contributed by atoms with E-state index in [1.165, 1.54) is 23.1 Å². The summed E-state index contributed by atoms with van der Waals surface area (Å²) in [6.45, 7) is 5.61. The van der Waals surface area contributed by atoms with Crippen LogP contribution in [0.25, 0.3) is 5.76 Å². The van der Waals surface area contributed by atoms with Crippen molar-refractivity contribution in [3.05, 3.63) is 68.0 Å². The van der Waals surface area contributed by atoms with Gasteiger partial charge in [-0.1, -0.05) is 12.1 Å². The molecule has 1 aromatic carbocycles. The van der Waals surface area contributed by atoms with Crippen molar-refractivity contribution < 1.29 is 29.2 Å². The topological polar surface area (TPSA) is 146 Å². The minimum absolute atomic E-state index is 0.125. The molecule has 1 fully saturated rings. The smallest absolute Gasteiger partial charge is 0.355 e. The summed E-state index contributed by atoms with van der Waals surface area (Å²) < 4.78 is 5.05. The van der Waals surface area contributed by atoms with Crippen molar-refractivity contribution in [3.63, 3.8) is 0 Å². The van der Waals surface area contributed by atoms with E-state index >= 15 is 0 Å². The number of H-pyrrole nitrogens is 1. The summed E-state index contributed by atoms with van der Waals surface area (Å²) in [5.74, 6) is -2.81. The van der Waals surface area contributed by atoms with E-state index in [9.17, 15) is 29.6 Å². The first-order chi connectivity index (χ1) is 16.5. The molecule has 1 amide bonds. The van der Waals surface area contributed by atoms with Gasteiger partial charge in [-0.05, 0) is 46.0 Å². The average molecular weight is 485 g/mol. The molecule has 1 aromatic heterocycles. The number of esters is 1. The molecule has 11 heteroatoms. The molecule has 11 nitrogen and oxygen atoms in total. The van der Waals surface area contributed by atoms with E-state index in [1.807, 2.05) is 19.0 Å². The van der Waals surface area contributed by atoms with Crippen LogP contribution in [0, 0.1) is 24.0 Å². The Kier molecular flexibility index (Phi) is 7.39. The summed E-state index contributed by atoms with van der Waals surface area (Å²) in [6.07, 6.45) is 0. The molecule has 1 aliphatic rings. The number of nitrogens with zero attached hydrogens (tertiary/aromatic N) is 3. The molecular weight excluding hydrogens is 456 g/mol. The molecule has 186 valence electrons. The summed E-state index contributed by atoms with van der Waals surface area (Å²) in [5.41, 5.74) is 0.995. The summed E-state index contributed by atoms with van der Waals surface area (Å²) in [5, 5.41) is 22.7. The van der Waals surface area contributed by atoms with Gasteiger partial charge in [0, 0.05) is 36.5 Å². The molecule has 0 spiro atoms. The van der Waals surface area contributed by atoms with Crippen LogP contribution >= 0.6 is 0 Å². The Morgan fingerprint density at radius 2 is 1.97 bits per heavy atom. The number of nitrogens with one attached hydrogen (secondary N) is 1. The van der Waals surface area contributed by atoms with Crippen molar-refractivity contribution in [2.24, 2.45) is 0 Å². The number of likely N-dealkylation sites (tertiary alicyclic amines) is 1. The number of likely N-dealkylation sites (N-methyl/N-ethyl adjacent to an activating group) is 1. The molecule has 2 heterocycles. The maximum absolute atomic E-state index is 13.2. The normalized spacial score (nSPS) is 17.3. The predicted molar refractivity (Wildman–Crippen MR) is 127 cm³/mol. The molecule has 2 N–H and O–H groups in total. The summed E-state index contributed by atoms with van der Waals surface area (Å²) in [4.78, 5) is 55.4. The van der Waals surface area contributed by atoms with Crippen LogP contribution in [0.15, 0.2) is 29.8 Å². The van der Waals surface area contributed by atoms with Crippen LogP contribution in [0.1, 0.15) is 45.8 Å². The fourth-order valence-electron chi connectivity index (χ4n) is 4.22. The number of aryl methyl sites for hydroxylation is 1. The standard InChI is InChI=1S/C24H28N4O7/c1-6-35-24(32)19-13(2)17(14(3)25-19)21(29)18-20(15-8-7-9-16(12-15)28(33)34)27(11-10-26(4)5)23(31)22(18)30/h7-9,12,20,25,29H,6,10-11H2,1-5H3/t20-/m1/s1. The van der Waals surface area contributed by atoms with E-state index in [0.717, 1.165) is 0 Å². The number of hydrogen-bond acceptors (Lipinski definition) is 8. The molecule has 1 atom stereocenters. The van der Waals surface area contributed by atoms with Gasteiger partial charge in [-0.3, -0.25) is 19.7 Å². The number of hydrogen-bond donors (Lipinski definition) is 2. The van der Waals surface area contributed by atoms with Crippen LogP contribution in [0.5, 0.6) is 0 Å². The van der Waals surface area contributed by atoms with Crippen molar-refractivity contribution in [2.45, 2.75) is 26.8 Å². The fraction of sp³-hybridized carbons (Fsp3) is 0.375. The number of aromatic amines is 1. The number of nitro groups is 1. The van der Waals surface area contributed by atoms with Crippen molar-refractivity contribution in [1.29, 1.82) is 0 Å². The second-order valence-corrected chi connectivity index (χ2v) is 8.49.